The highest BCUT2D eigenvalue weighted by Gasteiger charge is 2.32. The molecular formula is C15H19NOSi. The first-order valence-corrected chi connectivity index (χ1v) is 7.68. The molecule has 0 aromatic heterocycles. The zero-order valence-corrected chi connectivity index (χ0v) is 12.1. The van der Waals surface area contributed by atoms with Gasteiger partial charge >= 0.3 is 0 Å². The molecule has 0 aliphatic heterocycles. The SMILES string of the molecule is CCC(O[SiH2]N)(c1ccccc1)c1ccccc1. The maximum atomic E-state index is 6.07. The van der Waals surface area contributed by atoms with Crippen LogP contribution in [0, 0.1) is 0 Å². The van der Waals surface area contributed by atoms with Crippen LogP contribution in [-0.2, 0) is 10.0 Å². The minimum atomic E-state index is -0.989. The third-order valence-electron chi connectivity index (χ3n) is 3.31. The van der Waals surface area contributed by atoms with Crippen LogP contribution in [0.25, 0.3) is 0 Å². The lowest BCUT2D eigenvalue weighted by Crippen LogP contribution is -2.34. The first-order valence-electron chi connectivity index (χ1n) is 6.28. The highest BCUT2D eigenvalue weighted by molar-refractivity contribution is 6.22. The molecule has 0 unspecified atom stereocenters. The molecule has 0 aliphatic rings. The Labute approximate surface area is 111 Å². The van der Waals surface area contributed by atoms with Crippen LogP contribution < -0.4 is 5.40 Å². The highest BCUT2D eigenvalue weighted by Crippen LogP contribution is 2.36. The summed E-state index contributed by atoms with van der Waals surface area (Å²) in [6, 6.07) is 20.7. The standard InChI is InChI=1S/C15H19NOSi/c1-2-15(17-18-16,13-9-5-3-6-10-13)14-11-7-4-8-12-14/h3-12H,2,16,18H2,1H3. The summed E-state index contributed by atoms with van der Waals surface area (Å²) in [6.45, 7) is 2.14. The van der Waals surface area contributed by atoms with E-state index < -0.39 is 9.92 Å². The van der Waals surface area contributed by atoms with Gasteiger partial charge in [0.05, 0.1) is 0 Å². The van der Waals surface area contributed by atoms with Gasteiger partial charge in [0.15, 0.2) is 0 Å². The molecule has 0 amide bonds. The van der Waals surface area contributed by atoms with Gasteiger partial charge in [-0.25, -0.2) is 0 Å². The Kier molecular flexibility index (Phi) is 4.31. The fourth-order valence-corrected chi connectivity index (χ4v) is 3.22. The fourth-order valence-electron chi connectivity index (χ4n) is 2.40. The second-order valence-corrected chi connectivity index (χ2v) is 4.85. The fraction of sp³-hybridized carbons (Fsp3) is 0.200. The maximum absolute atomic E-state index is 6.07. The quantitative estimate of drug-likeness (QED) is 0.834. The Morgan fingerprint density at radius 3 is 1.72 bits per heavy atom. The zero-order chi connectivity index (χ0) is 12.8. The van der Waals surface area contributed by atoms with Crippen molar-refractivity contribution in [1.29, 1.82) is 0 Å². The van der Waals surface area contributed by atoms with Crippen LogP contribution in [0.3, 0.4) is 0 Å². The largest absolute Gasteiger partial charge is 0.395 e. The molecule has 0 radical (unpaired) electrons. The maximum Gasteiger partial charge on any atom is 0.235 e. The Hall–Kier alpha value is -1.42. The van der Waals surface area contributed by atoms with Gasteiger partial charge in [-0.1, -0.05) is 67.6 Å². The Morgan fingerprint density at radius 1 is 0.944 bits per heavy atom. The van der Waals surface area contributed by atoms with Crippen molar-refractivity contribution in [2.45, 2.75) is 18.9 Å². The smallest absolute Gasteiger partial charge is 0.235 e. The van der Waals surface area contributed by atoms with Crippen LogP contribution in [0.1, 0.15) is 24.5 Å². The number of rotatable bonds is 5. The monoisotopic (exact) mass is 257 g/mol. The minimum Gasteiger partial charge on any atom is -0.395 e. The molecule has 2 N–H and O–H groups in total. The normalized spacial score (nSPS) is 12.1. The minimum absolute atomic E-state index is 0.385. The molecule has 18 heavy (non-hydrogen) atoms. The molecular weight excluding hydrogens is 238 g/mol. The van der Waals surface area contributed by atoms with E-state index in [4.69, 9.17) is 9.83 Å². The van der Waals surface area contributed by atoms with E-state index in [9.17, 15) is 0 Å². The van der Waals surface area contributed by atoms with Gasteiger partial charge in [0, 0.05) is 0 Å². The molecule has 2 nitrogen and oxygen atoms in total. The average Bonchev–Trinajstić information content (AvgIpc) is 2.47. The summed E-state index contributed by atoms with van der Waals surface area (Å²) in [4.78, 5) is 0. The number of hydrogen-bond donors (Lipinski definition) is 1. The molecule has 0 heterocycles. The second kappa shape index (κ2) is 5.95. The van der Waals surface area contributed by atoms with E-state index >= 15 is 0 Å². The summed E-state index contributed by atoms with van der Waals surface area (Å²) >= 11 is 0. The molecule has 0 spiro atoms. The van der Waals surface area contributed by atoms with E-state index in [0.29, 0.717) is 0 Å². The van der Waals surface area contributed by atoms with Crippen LogP contribution >= 0.6 is 0 Å². The van der Waals surface area contributed by atoms with Crippen molar-refractivity contribution in [3.05, 3.63) is 71.8 Å². The third kappa shape index (κ3) is 2.38. The summed E-state index contributed by atoms with van der Waals surface area (Å²) < 4.78 is 6.07. The van der Waals surface area contributed by atoms with Crippen LogP contribution in [0.5, 0.6) is 0 Å². The number of hydrogen-bond acceptors (Lipinski definition) is 2. The highest BCUT2D eigenvalue weighted by atomic mass is 28.2. The topological polar surface area (TPSA) is 35.2 Å². The van der Waals surface area contributed by atoms with Crippen LogP contribution in [0.15, 0.2) is 60.7 Å². The molecule has 0 atom stereocenters. The Balaban J connectivity index is 2.53. The summed E-state index contributed by atoms with van der Waals surface area (Å²) in [5.41, 5.74) is 1.97. The summed E-state index contributed by atoms with van der Waals surface area (Å²) in [6.07, 6.45) is 0.880. The number of nitrogens with two attached hydrogens (primary N) is 1. The predicted molar refractivity (Wildman–Crippen MR) is 77.8 cm³/mol. The van der Waals surface area contributed by atoms with Crippen molar-refractivity contribution in [2.75, 3.05) is 0 Å². The summed E-state index contributed by atoms with van der Waals surface area (Å²) in [5.74, 6) is 0. The molecule has 0 saturated carbocycles. The molecule has 94 valence electrons. The van der Waals surface area contributed by atoms with Gasteiger partial charge in [0.25, 0.3) is 0 Å². The lowest BCUT2D eigenvalue weighted by molar-refractivity contribution is 0.112. The van der Waals surface area contributed by atoms with E-state index in [1.807, 2.05) is 36.4 Å². The van der Waals surface area contributed by atoms with Crippen molar-refractivity contribution < 1.29 is 4.43 Å². The van der Waals surface area contributed by atoms with Crippen LogP contribution in [0.4, 0.5) is 0 Å². The van der Waals surface area contributed by atoms with E-state index in [2.05, 4.69) is 31.2 Å². The first kappa shape index (κ1) is 13.0. The first-order chi connectivity index (χ1) is 8.83. The molecule has 2 aromatic carbocycles. The van der Waals surface area contributed by atoms with Crippen molar-refractivity contribution in [3.8, 4) is 0 Å². The Morgan fingerprint density at radius 2 is 1.39 bits per heavy atom. The summed E-state index contributed by atoms with van der Waals surface area (Å²) in [5, 5.41) is 5.78. The van der Waals surface area contributed by atoms with Gasteiger partial charge in [0.1, 0.15) is 5.60 Å². The second-order valence-electron chi connectivity index (χ2n) is 4.22. The molecule has 2 rings (SSSR count). The van der Waals surface area contributed by atoms with Crippen molar-refractivity contribution in [3.63, 3.8) is 0 Å². The van der Waals surface area contributed by atoms with Gasteiger partial charge in [-0.15, -0.1) is 0 Å². The van der Waals surface area contributed by atoms with Crippen molar-refractivity contribution >= 4 is 9.92 Å². The van der Waals surface area contributed by atoms with Gasteiger partial charge in [-0.3, -0.25) is 0 Å². The molecule has 0 aliphatic carbocycles. The van der Waals surface area contributed by atoms with Gasteiger partial charge in [-0.2, -0.15) is 0 Å². The van der Waals surface area contributed by atoms with E-state index in [1.54, 1.807) is 0 Å². The van der Waals surface area contributed by atoms with Gasteiger partial charge in [-0.05, 0) is 17.5 Å². The predicted octanol–water partition coefficient (Wildman–Crippen LogP) is 2.31. The van der Waals surface area contributed by atoms with Crippen molar-refractivity contribution in [1.82, 2.24) is 0 Å². The molecule has 0 fully saturated rings. The van der Waals surface area contributed by atoms with Crippen LogP contribution in [0.2, 0.25) is 0 Å². The molecule has 0 bridgehead atoms. The third-order valence-corrected chi connectivity index (χ3v) is 3.97. The molecule has 2 aromatic rings. The number of benzene rings is 2. The Bertz CT molecular complexity index is 433. The van der Waals surface area contributed by atoms with Crippen LogP contribution in [-0.4, -0.2) is 9.92 Å². The van der Waals surface area contributed by atoms with E-state index in [0.717, 1.165) is 6.42 Å². The van der Waals surface area contributed by atoms with Gasteiger partial charge in [0.2, 0.25) is 9.92 Å². The molecule has 3 heteroatoms. The van der Waals surface area contributed by atoms with Gasteiger partial charge < -0.3 is 9.83 Å². The summed E-state index contributed by atoms with van der Waals surface area (Å²) in [7, 11) is -0.989. The zero-order valence-electron chi connectivity index (χ0n) is 10.7. The van der Waals surface area contributed by atoms with E-state index in [-0.39, 0.29) is 5.60 Å². The van der Waals surface area contributed by atoms with Crippen molar-refractivity contribution in [2.24, 2.45) is 5.40 Å². The lowest BCUT2D eigenvalue weighted by atomic mass is 9.84. The molecule has 0 saturated heterocycles. The average molecular weight is 257 g/mol. The van der Waals surface area contributed by atoms with E-state index in [1.165, 1.54) is 11.1 Å². The lowest BCUT2D eigenvalue weighted by Gasteiger charge is -2.34.